The SMILES string of the molecule is C=Cc1c(/C=C\C)n(-c2ccc(C)cc2)c2ccc(-n3c4oc5ccccc5c4n4c5ccccc5nc34)cc12. The molecule has 0 atom stereocenters. The minimum atomic E-state index is 0.778. The van der Waals surface area contributed by atoms with E-state index in [2.05, 4.69) is 112 Å². The van der Waals surface area contributed by atoms with Gasteiger partial charge in [0, 0.05) is 22.0 Å². The van der Waals surface area contributed by atoms with Crippen LogP contribution in [0.2, 0.25) is 0 Å². The highest BCUT2D eigenvalue weighted by molar-refractivity contribution is 6.06. The number of allylic oxidation sites excluding steroid dienone is 1. The third-order valence-electron chi connectivity index (χ3n) is 7.83. The summed E-state index contributed by atoms with van der Waals surface area (Å²) in [7, 11) is 0. The first-order chi connectivity index (χ1) is 19.7. The Balaban J connectivity index is 1.49. The molecule has 0 spiro atoms. The second kappa shape index (κ2) is 8.35. The molecule has 0 aliphatic carbocycles. The molecule has 4 aromatic carbocycles. The molecule has 4 heterocycles. The standard InChI is InChI=1S/C35H26N4O/c1-4-10-29-25(5-2)27-21-24(19-20-30(27)37(29)23-17-15-22(3)16-18-23)38-34-33(26-11-6-9-14-32(26)40-34)39-31-13-8-7-12-28(31)36-35(38)39/h4-21H,2H2,1,3H3/b10-4-. The summed E-state index contributed by atoms with van der Waals surface area (Å²) in [5, 5.41) is 2.19. The van der Waals surface area contributed by atoms with Crippen LogP contribution in [0.15, 0.2) is 108 Å². The van der Waals surface area contributed by atoms with Crippen molar-refractivity contribution in [3.63, 3.8) is 0 Å². The van der Waals surface area contributed by atoms with Crippen molar-refractivity contribution < 1.29 is 4.42 Å². The first-order valence-electron chi connectivity index (χ1n) is 13.5. The first-order valence-corrected chi connectivity index (χ1v) is 13.5. The predicted octanol–water partition coefficient (Wildman–Crippen LogP) is 9.11. The molecule has 5 heteroatoms. The zero-order chi connectivity index (χ0) is 27.0. The Bertz CT molecular complexity index is 2210. The zero-order valence-corrected chi connectivity index (χ0v) is 22.3. The van der Waals surface area contributed by atoms with Crippen LogP contribution in [0.3, 0.4) is 0 Å². The lowest BCUT2D eigenvalue weighted by molar-refractivity contribution is 0.645. The lowest BCUT2D eigenvalue weighted by atomic mass is 10.1. The fourth-order valence-electron chi connectivity index (χ4n) is 6.06. The summed E-state index contributed by atoms with van der Waals surface area (Å²) >= 11 is 0. The fraction of sp³-hybridized carbons (Fsp3) is 0.0571. The van der Waals surface area contributed by atoms with E-state index >= 15 is 0 Å². The van der Waals surface area contributed by atoms with Crippen LogP contribution in [0.1, 0.15) is 23.7 Å². The summed E-state index contributed by atoms with van der Waals surface area (Å²) in [6.45, 7) is 8.37. The Morgan fingerprint density at radius 1 is 0.800 bits per heavy atom. The number of furan rings is 1. The van der Waals surface area contributed by atoms with Crippen LogP contribution >= 0.6 is 0 Å². The number of hydrogen-bond acceptors (Lipinski definition) is 2. The number of para-hydroxylation sites is 3. The molecule has 0 N–H and O–H groups in total. The molecule has 8 aromatic rings. The average molecular weight is 519 g/mol. The topological polar surface area (TPSA) is 40.3 Å². The maximum absolute atomic E-state index is 6.51. The van der Waals surface area contributed by atoms with E-state index in [9.17, 15) is 0 Å². The highest BCUT2D eigenvalue weighted by atomic mass is 16.3. The van der Waals surface area contributed by atoms with Crippen LogP contribution in [0.4, 0.5) is 0 Å². The van der Waals surface area contributed by atoms with Gasteiger partial charge in [0.1, 0.15) is 11.1 Å². The van der Waals surface area contributed by atoms with Gasteiger partial charge in [-0.05, 0) is 74.5 Å². The average Bonchev–Trinajstić information content (AvgIpc) is 3.69. The number of benzene rings is 4. The highest BCUT2D eigenvalue weighted by Gasteiger charge is 2.24. The van der Waals surface area contributed by atoms with Gasteiger partial charge in [-0.25, -0.2) is 9.55 Å². The van der Waals surface area contributed by atoms with Gasteiger partial charge in [0.2, 0.25) is 11.5 Å². The first kappa shape index (κ1) is 22.7. The van der Waals surface area contributed by atoms with Crippen LogP contribution in [0.5, 0.6) is 0 Å². The van der Waals surface area contributed by atoms with E-state index in [0.29, 0.717) is 0 Å². The van der Waals surface area contributed by atoms with E-state index < -0.39 is 0 Å². The molecule has 4 aromatic heterocycles. The number of aryl methyl sites for hydroxylation is 1. The Morgan fingerprint density at radius 2 is 1.57 bits per heavy atom. The maximum Gasteiger partial charge on any atom is 0.232 e. The second-order valence-corrected chi connectivity index (χ2v) is 10.2. The number of hydrogen-bond donors (Lipinski definition) is 0. The number of nitrogens with zero attached hydrogens (tertiary/aromatic N) is 4. The minimum Gasteiger partial charge on any atom is -0.437 e. The van der Waals surface area contributed by atoms with E-state index in [1.807, 2.05) is 31.2 Å². The molecule has 0 unspecified atom stereocenters. The lowest BCUT2D eigenvalue weighted by Gasteiger charge is -2.10. The molecule has 0 aliphatic rings. The van der Waals surface area contributed by atoms with Crippen molar-refractivity contribution in [2.75, 3.05) is 0 Å². The van der Waals surface area contributed by atoms with Crippen LogP contribution in [0.25, 0.3) is 73.4 Å². The van der Waals surface area contributed by atoms with Gasteiger partial charge in [0.25, 0.3) is 0 Å². The second-order valence-electron chi connectivity index (χ2n) is 10.2. The van der Waals surface area contributed by atoms with E-state index in [1.165, 1.54) is 5.56 Å². The number of aromatic nitrogens is 4. The van der Waals surface area contributed by atoms with E-state index in [-0.39, 0.29) is 0 Å². The van der Waals surface area contributed by atoms with Crippen LogP contribution in [-0.4, -0.2) is 18.5 Å². The van der Waals surface area contributed by atoms with Crippen molar-refractivity contribution >= 4 is 62.1 Å². The molecule has 0 radical (unpaired) electrons. The molecule has 8 rings (SSSR count). The Labute approximate surface area is 230 Å². The van der Waals surface area contributed by atoms with Gasteiger partial charge in [-0.1, -0.05) is 60.7 Å². The van der Waals surface area contributed by atoms with Gasteiger partial charge in [-0.2, -0.15) is 0 Å². The van der Waals surface area contributed by atoms with Crippen LogP contribution < -0.4 is 0 Å². The van der Waals surface area contributed by atoms with Crippen molar-refractivity contribution in [3.8, 4) is 11.4 Å². The van der Waals surface area contributed by atoms with Gasteiger partial charge in [-0.15, -0.1) is 0 Å². The smallest absolute Gasteiger partial charge is 0.232 e. The summed E-state index contributed by atoms with van der Waals surface area (Å²) in [4.78, 5) is 5.07. The van der Waals surface area contributed by atoms with Crippen molar-refractivity contribution in [2.24, 2.45) is 0 Å². The predicted molar refractivity (Wildman–Crippen MR) is 166 cm³/mol. The summed E-state index contributed by atoms with van der Waals surface area (Å²) in [6.07, 6.45) is 6.19. The lowest BCUT2D eigenvalue weighted by Crippen LogP contribution is -1.98. The summed E-state index contributed by atoms with van der Waals surface area (Å²) in [5.74, 6) is 0.826. The van der Waals surface area contributed by atoms with Crippen LogP contribution in [0, 0.1) is 6.92 Å². The Morgan fingerprint density at radius 3 is 2.40 bits per heavy atom. The Kier molecular flexibility index (Phi) is 4.73. The van der Waals surface area contributed by atoms with Crippen LogP contribution in [-0.2, 0) is 0 Å². The van der Waals surface area contributed by atoms with Gasteiger partial charge >= 0.3 is 0 Å². The molecular weight excluding hydrogens is 492 g/mol. The molecule has 0 saturated carbocycles. The van der Waals surface area contributed by atoms with Crippen molar-refractivity contribution in [2.45, 2.75) is 13.8 Å². The number of rotatable bonds is 4. The molecule has 0 aliphatic heterocycles. The van der Waals surface area contributed by atoms with E-state index in [1.54, 1.807) is 0 Å². The summed E-state index contributed by atoms with van der Waals surface area (Å²) in [5.41, 5.74) is 11.3. The largest absolute Gasteiger partial charge is 0.437 e. The molecule has 192 valence electrons. The monoisotopic (exact) mass is 518 g/mol. The molecule has 0 fully saturated rings. The van der Waals surface area contributed by atoms with Gasteiger partial charge in [0.15, 0.2) is 0 Å². The number of imidazole rings is 2. The molecular formula is C35H26N4O. The van der Waals surface area contributed by atoms with Crippen molar-refractivity contribution in [3.05, 3.63) is 120 Å². The molecule has 0 amide bonds. The Hall–Kier alpha value is -5.29. The van der Waals surface area contributed by atoms with Gasteiger partial charge in [0.05, 0.1) is 27.9 Å². The normalized spacial score (nSPS) is 12.2. The summed E-state index contributed by atoms with van der Waals surface area (Å²) in [6, 6.07) is 31.7. The van der Waals surface area contributed by atoms with E-state index in [4.69, 9.17) is 9.40 Å². The summed E-state index contributed by atoms with van der Waals surface area (Å²) < 4.78 is 13.2. The molecule has 0 bridgehead atoms. The minimum absolute atomic E-state index is 0.778. The number of fused-ring (bicyclic) bond motifs is 8. The highest BCUT2D eigenvalue weighted by Crippen LogP contribution is 2.38. The quantitative estimate of drug-likeness (QED) is 0.233. The van der Waals surface area contributed by atoms with Crippen molar-refractivity contribution in [1.29, 1.82) is 0 Å². The van der Waals surface area contributed by atoms with E-state index in [0.717, 1.165) is 72.5 Å². The molecule has 5 nitrogen and oxygen atoms in total. The van der Waals surface area contributed by atoms with Crippen molar-refractivity contribution in [1.82, 2.24) is 18.5 Å². The van der Waals surface area contributed by atoms with Gasteiger partial charge < -0.3 is 8.98 Å². The zero-order valence-electron chi connectivity index (χ0n) is 22.3. The third kappa shape index (κ3) is 3.00. The van der Waals surface area contributed by atoms with Gasteiger partial charge in [-0.3, -0.25) is 4.40 Å². The maximum atomic E-state index is 6.51. The molecule has 0 saturated heterocycles. The molecule has 40 heavy (non-hydrogen) atoms. The third-order valence-corrected chi connectivity index (χ3v) is 7.83. The fourth-order valence-corrected chi connectivity index (χ4v) is 6.06.